The zero-order chi connectivity index (χ0) is 31.8. The van der Waals surface area contributed by atoms with Gasteiger partial charge in [-0.2, -0.15) is 36.0 Å². The number of nitrogens with one attached hydrogen (secondary N) is 1. The SMILES string of the molecule is Cc1nc([C@H](C)NC(O)c2cc(C(F)(F)F)cc(C(F)(F)F)c2)n(-c2ccc(C(=O)N3CCOCC3c3ncno3)cn2)n1. The summed E-state index contributed by atoms with van der Waals surface area (Å²) in [5.41, 5.74) is -3.54. The minimum atomic E-state index is -5.08. The van der Waals surface area contributed by atoms with Crippen molar-refractivity contribution in [1.82, 2.24) is 40.1 Å². The fourth-order valence-corrected chi connectivity index (χ4v) is 4.61. The van der Waals surface area contributed by atoms with E-state index in [2.05, 4.69) is 30.5 Å². The van der Waals surface area contributed by atoms with E-state index in [9.17, 15) is 36.2 Å². The van der Waals surface area contributed by atoms with Crippen LogP contribution in [0, 0.1) is 6.92 Å². The van der Waals surface area contributed by atoms with Gasteiger partial charge in [-0.25, -0.2) is 9.97 Å². The van der Waals surface area contributed by atoms with Gasteiger partial charge in [0.15, 0.2) is 18.0 Å². The standard InChI is InChI=1S/C26H24F6N8O4/c1-13(36-22(41)16-7-17(25(27,28)29)9-18(8-16)26(30,31)32)21-37-14(2)38-40(21)20-4-3-15(10-33-20)24(42)39-5-6-43-11-19(39)23-34-12-35-44-23/h3-4,7-10,12-13,19,22,36,41H,5-6,11H2,1-2H3/t13-,19?,22?/m0/s1. The number of ether oxygens (including phenoxy) is 1. The Balaban J connectivity index is 1.36. The van der Waals surface area contributed by atoms with E-state index in [1.165, 1.54) is 41.2 Å². The number of rotatable bonds is 7. The number of halogens is 6. The molecule has 0 aliphatic carbocycles. The highest BCUT2D eigenvalue weighted by Crippen LogP contribution is 2.37. The maximum atomic E-state index is 13.3. The van der Waals surface area contributed by atoms with Gasteiger partial charge in [0.1, 0.15) is 18.1 Å². The molecule has 0 spiro atoms. The molecule has 1 saturated heterocycles. The van der Waals surface area contributed by atoms with Crippen molar-refractivity contribution in [3.63, 3.8) is 0 Å². The Hall–Kier alpha value is -4.42. The van der Waals surface area contributed by atoms with Crippen LogP contribution >= 0.6 is 0 Å². The second kappa shape index (κ2) is 11.9. The van der Waals surface area contributed by atoms with Crippen LogP contribution in [0.3, 0.4) is 0 Å². The van der Waals surface area contributed by atoms with Gasteiger partial charge in [-0.05, 0) is 49.7 Å². The number of aryl methyl sites for hydroxylation is 1. The third-order valence-corrected chi connectivity index (χ3v) is 6.72. The fourth-order valence-electron chi connectivity index (χ4n) is 4.61. The molecular weight excluding hydrogens is 602 g/mol. The van der Waals surface area contributed by atoms with E-state index < -0.39 is 47.4 Å². The predicted molar refractivity (Wildman–Crippen MR) is 136 cm³/mol. The minimum Gasteiger partial charge on any atom is -0.377 e. The molecule has 1 aliphatic rings. The average molecular weight is 627 g/mol. The number of nitrogens with zero attached hydrogens (tertiary/aromatic N) is 7. The first-order valence-electron chi connectivity index (χ1n) is 13.0. The molecule has 1 amide bonds. The topological polar surface area (TPSA) is 144 Å². The van der Waals surface area contributed by atoms with Crippen LogP contribution in [-0.2, 0) is 17.1 Å². The van der Waals surface area contributed by atoms with Gasteiger partial charge in [0.2, 0.25) is 0 Å². The smallest absolute Gasteiger partial charge is 0.377 e. The average Bonchev–Trinajstić information content (AvgIpc) is 3.66. The lowest BCUT2D eigenvalue weighted by Crippen LogP contribution is -2.43. The number of benzene rings is 1. The number of alkyl halides is 6. The molecule has 1 aliphatic heterocycles. The van der Waals surface area contributed by atoms with Crippen LogP contribution in [0.4, 0.5) is 26.3 Å². The van der Waals surface area contributed by atoms with Gasteiger partial charge in [-0.3, -0.25) is 10.1 Å². The Morgan fingerprint density at radius 1 is 1.09 bits per heavy atom. The zero-order valence-electron chi connectivity index (χ0n) is 23.0. The van der Waals surface area contributed by atoms with Crippen molar-refractivity contribution in [2.24, 2.45) is 0 Å². The van der Waals surface area contributed by atoms with E-state index in [0.717, 1.165) is 0 Å². The Labute approximate surface area is 244 Å². The summed E-state index contributed by atoms with van der Waals surface area (Å²) in [5.74, 6) is 0.450. The van der Waals surface area contributed by atoms with Crippen molar-refractivity contribution < 1.29 is 45.5 Å². The first kappa shape index (κ1) is 31.0. The monoisotopic (exact) mass is 626 g/mol. The van der Waals surface area contributed by atoms with Crippen molar-refractivity contribution in [2.45, 2.75) is 44.5 Å². The van der Waals surface area contributed by atoms with E-state index in [0.29, 0.717) is 18.7 Å². The Bertz CT molecular complexity index is 1580. The van der Waals surface area contributed by atoms with Gasteiger partial charge in [-0.15, -0.1) is 5.10 Å². The number of hydrogen-bond acceptors (Lipinski definition) is 10. The van der Waals surface area contributed by atoms with Crippen molar-refractivity contribution in [3.8, 4) is 5.82 Å². The molecule has 5 rings (SSSR count). The second-order valence-electron chi connectivity index (χ2n) is 9.83. The van der Waals surface area contributed by atoms with E-state index in [-0.39, 0.29) is 54.0 Å². The summed E-state index contributed by atoms with van der Waals surface area (Å²) >= 11 is 0. The van der Waals surface area contributed by atoms with Gasteiger partial charge in [-0.1, -0.05) is 5.16 Å². The molecular formula is C26H24F6N8O4. The fraction of sp³-hybridized carbons (Fsp3) is 0.385. The highest BCUT2D eigenvalue weighted by atomic mass is 19.4. The summed E-state index contributed by atoms with van der Waals surface area (Å²) in [6, 6.07) is 2.30. The Kier molecular flexibility index (Phi) is 8.41. The third kappa shape index (κ3) is 6.56. The molecule has 2 unspecified atom stereocenters. The molecule has 234 valence electrons. The van der Waals surface area contributed by atoms with Crippen LogP contribution in [0.5, 0.6) is 0 Å². The minimum absolute atomic E-state index is 0.0238. The highest BCUT2D eigenvalue weighted by Gasteiger charge is 2.38. The number of aromatic nitrogens is 6. The maximum Gasteiger partial charge on any atom is 0.416 e. The quantitative estimate of drug-likeness (QED) is 0.229. The summed E-state index contributed by atoms with van der Waals surface area (Å²) in [6.07, 6.45) is -9.56. The van der Waals surface area contributed by atoms with Gasteiger partial charge in [0.05, 0.1) is 35.9 Å². The summed E-state index contributed by atoms with van der Waals surface area (Å²) in [5, 5.41) is 21.0. The molecule has 4 aromatic rings. The molecule has 1 fully saturated rings. The predicted octanol–water partition coefficient (Wildman–Crippen LogP) is 3.95. The third-order valence-electron chi connectivity index (χ3n) is 6.72. The molecule has 0 bridgehead atoms. The van der Waals surface area contributed by atoms with E-state index >= 15 is 0 Å². The molecule has 18 heteroatoms. The number of aliphatic hydroxyl groups excluding tert-OH is 1. The molecule has 4 heterocycles. The number of pyridine rings is 1. The molecule has 44 heavy (non-hydrogen) atoms. The van der Waals surface area contributed by atoms with Crippen molar-refractivity contribution in [3.05, 3.63) is 82.6 Å². The molecule has 3 aromatic heterocycles. The van der Waals surface area contributed by atoms with Crippen LogP contribution in [0.15, 0.2) is 47.4 Å². The number of amides is 1. The lowest BCUT2D eigenvalue weighted by Gasteiger charge is -2.33. The van der Waals surface area contributed by atoms with Crippen molar-refractivity contribution >= 4 is 5.91 Å². The molecule has 0 radical (unpaired) electrons. The first-order valence-corrected chi connectivity index (χ1v) is 13.0. The number of carbonyl (C=O) groups excluding carboxylic acids is 1. The van der Waals surface area contributed by atoms with E-state index in [4.69, 9.17) is 9.26 Å². The molecule has 0 saturated carbocycles. The summed E-state index contributed by atoms with van der Waals surface area (Å²) in [6.45, 7) is 3.77. The highest BCUT2D eigenvalue weighted by molar-refractivity contribution is 5.94. The van der Waals surface area contributed by atoms with Gasteiger partial charge in [0.25, 0.3) is 11.8 Å². The lowest BCUT2D eigenvalue weighted by molar-refractivity contribution is -0.143. The van der Waals surface area contributed by atoms with Crippen LogP contribution in [0.25, 0.3) is 5.82 Å². The second-order valence-corrected chi connectivity index (χ2v) is 9.83. The maximum absolute atomic E-state index is 13.3. The molecule has 1 aromatic carbocycles. The zero-order valence-corrected chi connectivity index (χ0v) is 23.0. The van der Waals surface area contributed by atoms with E-state index in [1.54, 1.807) is 6.92 Å². The first-order chi connectivity index (χ1) is 20.7. The Morgan fingerprint density at radius 3 is 2.39 bits per heavy atom. The summed E-state index contributed by atoms with van der Waals surface area (Å²) < 4.78 is 91.6. The number of hydrogen-bond donors (Lipinski definition) is 2. The van der Waals surface area contributed by atoms with Gasteiger partial charge < -0.3 is 19.3 Å². The van der Waals surface area contributed by atoms with E-state index in [1.807, 2.05) is 0 Å². The lowest BCUT2D eigenvalue weighted by atomic mass is 10.0. The van der Waals surface area contributed by atoms with Gasteiger partial charge in [0, 0.05) is 12.7 Å². The number of aliphatic hydroxyl groups is 1. The van der Waals surface area contributed by atoms with Crippen LogP contribution < -0.4 is 5.32 Å². The van der Waals surface area contributed by atoms with Crippen LogP contribution in [-0.4, -0.2) is 65.6 Å². The largest absolute Gasteiger partial charge is 0.416 e. The van der Waals surface area contributed by atoms with Crippen molar-refractivity contribution in [1.29, 1.82) is 0 Å². The summed E-state index contributed by atoms with van der Waals surface area (Å²) in [7, 11) is 0. The molecule has 12 nitrogen and oxygen atoms in total. The van der Waals surface area contributed by atoms with Crippen molar-refractivity contribution in [2.75, 3.05) is 19.8 Å². The summed E-state index contributed by atoms with van der Waals surface area (Å²) in [4.78, 5) is 27.4. The number of morpholine rings is 1. The normalized spacial score (nSPS) is 17.5. The van der Waals surface area contributed by atoms with Crippen LogP contribution in [0.1, 0.15) is 69.8 Å². The Morgan fingerprint density at radius 2 is 1.80 bits per heavy atom. The van der Waals surface area contributed by atoms with Gasteiger partial charge >= 0.3 is 12.4 Å². The molecule has 2 N–H and O–H groups in total. The number of carbonyl (C=O) groups is 1. The molecule has 3 atom stereocenters. The van der Waals surface area contributed by atoms with Crippen LogP contribution in [0.2, 0.25) is 0 Å².